The molecule has 1 aliphatic rings. The van der Waals surface area contributed by atoms with E-state index in [0.717, 1.165) is 18.8 Å². The van der Waals surface area contributed by atoms with E-state index in [4.69, 9.17) is 9.31 Å². The molecule has 0 saturated heterocycles. The predicted molar refractivity (Wildman–Crippen MR) is 80.7 cm³/mol. The van der Waals surface area contributed by atoms with E-state index >= 15 is 0 Å². The Morgan fingerprint density at radius 1 is 1.33 bits per heavy atom. The van der Waals surface area contributed by atoms with Crippen molar-refractivity contribution in [3.8, 4) is 0 Å². The molecular formula is C15H31BO2. The lowest BCUT2D eigenvalue weighted by Crippen LogP contribution is -2.35. The molecule has 0 heterocycles. The molecule has 3 heteroatoms. The quantitative estimate of drug-likeness (QED) is 0.683. The van der Waals surface area contributed by atoms with Gasteiger partial charge in [-0.15, -0.1) is 0 Å². The highest BCUT2D eigenvalue weighted by Crippen LogP contribution is 2.27. The molecule has 0 aromatic heterocycles. The van der Waals surface area contributed by atoms with Gasteiger partial charge in [0.25, 0.3) is 0 Å². The van der Waals surface area contributed by atoms with Gasteiger partial charge in [-0.3, -0.25) is 0 Å². The highest BCUT2D eigenvalue weighted by molar-refractivity contribution is 6.53. The summed E-state index contributed by atoms with van der Waals surface area (Å²) in [6.07, 6.45) is 7.08. The van der Waals surface area contributed by atoms with E-state index in [1.807, 2.05) is 0 Å². The van der Waals surface area contributed by atoms with E-state index < -0.39 is 0 Å². The highest BCUT2D eigenvalue weighted by Gasteiger charge is 2.30. The van der Waals surface area contributed by atoms with Gasteiger partial charge in [0, 0.05) is 12.7 Å². The fourth-order valence-corrected chi connectivity index (χ4v) is 1.93. The van der Waals surface area contributed by atoms with E-state index in [2.05, 4.69) is 47.6 Å². The third-order valence-electron chi connectivity index (χ3n) is 2.63. The monoisotopic (exact) mass is 254 g/mol. The Morgan fingerprint density at radius 2 is 1.89 bits per heavy atom. The van der Waals surface area contributed by atoms with Gasteiger partial charge >= 0.3 is 7.12 Å². The molecule has 1 unspecified atom stereocenters. The van der Waals surface area contributed by atoms with Crippen LogP contribution in [0.2, 0.25) is 0 Å². The molecule has 1 rings (SSSR count). The summed E-state index contributed by atoms with van der Waals surface area (Å²) < 4.78 is 11.3. The second-order valence-electron chi connectivity index (χ2n) is 6.17. The molecule has 0 fully saturated rings. The van der Waals surface area contributed by atoms with Gasteiger partial charge < -0.3 is 9.31 Å². The van der Waals surface area contributed by atoms with Crippen molar-refractivity contribution < 1.29 is 9.31 Å². The van der Waals surface area contributed by atoms with E-state index in [9.17, 15) is 0 Å². The number of rotatable bonds is 3. The summed E-state index contributed by atoms with van der Waals surface area (Å²) in [6.45, 7) is 12.7. The molecule has 0 aromatic carbocycles. The minimum Gasteiger partial charge on any atom is -0.410 e. The number of hydrogen-bond donors (Lipinski definition) is 0. The zero-order valence-corrected chi connectivity index (χ0v) is 13.4. The molecule has 0 aromatic rings. The molecule has 0 bridgehead atoms. The number of allylic oxidation sites excluding steroid dienone is 2. The van der Waals surface area contributed by atoms with Gasteiger partial charge in [0.15, 0.2) is 0 Å². The number of hydrogen-bond acceptors (Lipinski definition) is 2. The Hall–Kier alpha value is -0.275. The maximum Gasteiger partial charge on any atom is 0.489 e. The van der Waals surface area contributed by atoms with Crippen LogP contribution in [0.15, 0.2) is 11.5 Å². The van der Waals surface area contributed by atoms with Gasteiger partial charge in [-0.05, 0) is 51.4 Å². The zero-order chi connectivity index (χ0) is 14.2. The summed E-state index contributed by atoms with van der Waals surface area (Å²) >= 11 is 0. The van der Waals surface area contributed by atoms with E-state index in [1.165, 1.54) is 18.3 Å². The molecule has 0 spiro atoms. The highest BCUT2D eigenvalue weighted by atomic mass is 16.6. The van der Waals surface area contributed by atoms with Gasteiger partial charge in [0.2, 0.25) is 0 Å². The van der Waals surface area contributed by atoms with Gasteiger partial charge in [-0.1, -0.05) is 33.3 Å². The first kappa shape index (κ1) is 17.7. The van der Waals surface area contributed by atoms with Crippen molar-refractivity contribution in [1.82, 2.24) is 0 Å². The Morgan fingerprint density at radius 3 is 2.28 bits per heavy atom. The minimum atomic E-state index is -0.159. The maximum absolute atomic E-state index is 5.88. The molecule has 0 amide bonds. The van der Waals surface area contributed by atoms with Gasteiger partial charge in [0.1, 0.15) is 0 Å². The third-order valence-corrected chi connectivity index (χ3v) is 2.63. The molecule has 0 saturated carbocycles. The van der Waals surface area contributed by atoms with Crippen molar-refractivity contribution in [2.75, 3.05) is 7.11 Å². The molecular weight excluding hydrogens is 223 g/mol. The molecule has 0 radical (unpaired) electrons. The van der Waals surface area contributed by atoms with Crippen LogP contribution in [0.5, 0.6) is 0 Å². The molecule has 1 atom stereocenters. The Labute approximate surface area is 114 Å². The second kappa shape index (κ2) is 8.76. The van der Waals surface area contributed by atoms with E-state index in [-0.39, 0.29) is 12.7 Å². The van der Waals surface area contributed by atoms with Crippen LogP contribution in [0.3, 0.4) is 0 Å². The lowest BCUT2D eigenvalue weighted by molar-refractivity contribution is 0.0948. The summed E-state index contributed by atoms with van der Waals surface area (Å²) in [5.41, 5.74) is 1.16. The predicted octanol–water partition coefficient (Wildman–Crippen LogP) is 4.64. The van der Waals surface area contributed by atoms with Gasteiger partial charge in [-0.25, -0.2) is 0 Å². The SMILES string of the molecule is CCC.COB(OC(C)(C)C)C1=CCCC(C)C1. The van der Waals surface area contributed by atoms with Crippen LogP contribution < -0.4 is 0 Å². The summed E-state index contributed by atoms with van der Waals surface area (Å²) in [7, 11) is 1.56. The molecule has 18 heavy (non-hydrogen) atoms. The summed E-state index contributed by atoms with van der Waals surface area (Å²) in [6, 6.07) is 0. The normalized spacial score (nSPS) is 19.7. The van der Waals surface area contributed by atoms with Crippen LogP contribution in [0.1, 0.15) is 67.2 Å². The van der Waals surface area contributed by atoms with Crippen molar-refractivity contribution in [1.29, 1.82) is 0 Å². The fraction of sp³-hybridized carbons (Fsp3) is 0.867. The molecule has 2 nitrogen and oxygen atoms in total. The average Bonchev–Trinajstić information content (AvgIpc) is 2.26. The maximum atomic E-state index is 5.88. The van der Waals surface area contributed by atoms with Crippen LogP contribution in [-0.2, 0) is 9.31 Å². The fourth-order valence-electron chi connectivity index (χ4n) is 1.93. The van der Waals surface area contributed by atoms with Crippen LogP contribution in [-0.4, -0.2) is 19.8 Å². The van der Waals surface area contributed by atoms with Gasteiger partial charge in [0.05, 0.1) is 0 Å². The largest absolute Gasteiger partial charge is 0.489 e. The summed E-state index contributed by atoms with van der Waals surface area (Å²) in [4.78, 5) is 0. The Kier molecular flexibility index (Phi) is 8.63. The molecule has 1 aliphatic carbocycles. The van der Waals surface area contributed by atoms with Crippen LogP contribution in [0.25, 0.3) is 0 Å². The van der Waals surface area contributed by atoms with Crippen molar-refractivity contribution in [2.45, 2.75) is 72.8 Å². The third kappa shape index (κ3) is 7.94. The summed E-state index contributed by atoms with van der Waals surface area (Å²) in [5, 5.41) is 0. The van der Waals surface area contributed by atoms with Gasteiger partial charge in [-0.2, -0.15) is 0 Å². The Bertz CT molecular complexity index is 243. The van der Waals surface area contributed by atoms with Crippen LogP contribution >= 0.6 is 0 Å². The van der Waals surface area contributed by atoms with Crippen molar-refractivity contribution in [3.05, 3.63) is 11.5 Å². The smallest absolute Gasteiger partial charge is 0.410 e. The van der Waals surface area contributed by atoms with Crippen molar-refractivity contribution in [2.24, 2.45) is 5.92 Å². The topological polar surface area (TPSA) is 18.5 Å². The van der Waals surface area contributed by atoms with E-state index in [1.54, 1.807) is 7.11 Å². The molecule has 0 aliphatic heterocycles. The first-order chi connectivity index (χ1) is 8.34. The molecule has 106 valence electrons. The lowest BCUT2D eigenvalue weighted by atomic mass is 9.69. The standard InChI is InChI=1S/C12H23BO2.C3H8/c1-10-7-6-8-11(9-10)13(14-5)15-12(2,3)4;1-3-2/h8,10H,6-7,9H2,1-5H3;3H2,1-2H3. The van der Waals surface area contributed by atoms with Crippen molar-refractivity contribution >= 4 is 7.12 Å². The van der Waals surface area contributed by atoms with Crippen LogP contribution in [0.4, 0.5) is 0 Å². The second-order valence-corrected chi connectivity index (χ2v) is 6.17. The van der Waals surface area contributed by atoms with Crippen molar-refractivity contribution in [3.63, 3.8) is 0 Å². The summed E-state index contributed by atoms with van der Waals surface area (Å²) in [5.74, 6) is 0.756. The first-order valence-electron chi connectivity index (χ1n) is 7.23. The average molecular weight is 254 g/mol. The minimum absolute atomic E-state index is 0.151. The van der Waals surface area contributed by atoms with E-state index in [0.29, 0.717) is 0 Å². The Balaban J connectivity index is 0.000000873. The van der Waals surface area contributed by atoms with Crippen LogP contribution in [0, 0.1) is 5.92 Å². The lowest BCUT2D eigenvalue weighted by Gasteiger charge is -2.28. The first-order valence-corrected chi connectivity index (χ1v) is 7.23. The molecule has 0 N–H and O–H groups in total. The zero-order valence-electron chi connectivity index (χ0n) is 13.4.